The third-order valence-electron chi connectivity index (χ3n) is 0.287. The summed E-state index contributed by atoms with van der Waals surface area (Å²) in [4.78, 5) is 9.62. The first kappa shape index (κ1) is 7.81. The molecule has 2 atom stereocenters. The average molecular weight is 156 g/mol. The van der Waals surface area contributed by atoms with E-state index in [9.17, 15) is 9.00 Å². The summed E-state index contributed by atoms with van der Waals surface area (Å²) < 4.78 is 13.9. The number of rotatable bonds is 2. The maximum absolute atomic E-state index is 10.1. The zero-order valence-corrected chi connectivity index (χ0v) is 5.72. The molecule has 0 fully saturated rings. The number of nitrogens with one attached hydrogen (secondary N) is 2. The minimum atomic E-state index is -1.69. The highest BCUT2D eigenvalue weighted by Gasteiger charge is 1.96. The van der Waals surface area contributed by atoms with Crippen LogP contribution in [-0.4, -0.2) is 15.4 Å². The lowest BCUT2D eigenvalue weighted by molar-refractivity contribution is 0.201. The number of amides is 1. The van der Waals surface area contributed by atoms with E-state index >= 15 is 0 Å². The Bertz CT molecular complexity index is 116. The van der Waals surface area contributed by atoms with Crippen molar-refractivity contribution in [3.8, 4) is 0 Å². The van der Waals surface area contributed by atoms with Gasteiger partial charge in [0.05, 0.1) is 0 Å². The molecular weight excluding hydrogens is 151 g/mol. The van der Waals surface area contributed by atoms with Gasteiger partial charge in [-0.25, -0.2) is 18.2 Å². The van der Waals surface area contributed by atoms with Crippen molar-refractivity contribution in [2.45, 2.75) is 0 Å². The fraction of sp³-hybridized carbons (Fsp3) is 0. The summed E-state index contributed by atoms with van der Waals surface area (Å²) in [5.41, 5.74) is 0. The molecule has 0 rings (SSSR count). The second-order valence-corrected chi connectivity index (χ2v) is 2.48. The van der Waals surface area contributed by atoms with Crippen LogP contribution in [0, 0.1) is 0 Å². The van der Waals surface area contributed by atoms with Crippen molar-refractivity contribution in [2.75, 3.05) is 0 Å². The van der Waals surface area contributed by atoms with Gasteiger partial charge >= 0.3 is 6.09 Å². The van der Waals surface area contributed by atoms with E-state index in [2.05, 4.69) is 4.49 Å². The van der Waals surface area contributed by atoms with Gasteiger partial charge in [-0.05, 0) is 0 Å². The van der Waals surface area contributed by atoms with Gasteiger partial charge in [-0.3, -0.25) is 0 Å². The molecule has 0 heterocycles. The Balaban J connectivity index is 3.40. The number of hydrogen-bond donors (Lipinski definition) is 3. The smallest absolute Gasteiger partial charge is 0.417 e. The normalized spacial score (nSPS) is 12.6. The largest absolute Gasteiger partial charge is 0.464 e. The first-order valence-corrected chi connectivity index (χ1v) is 3.27. The van der Waals surface area contributed by atoms with Gasteiger partial charge in [-0.2, -0.15) is 0 Å². The lowest BCUT2D eigenvalue weighted by Gasteiger charge is -1.94. The summed E-state index contributed by atoms with van der Waals surface area (Å²) in [6.45, 7) is 0. The van der Waals surface area contributed by atoms with Gasteiger partial charge in [-0.15, -0.1) is 0 Å². The van der Waals surface area contributed by atoms with Gasteiger partial charge in [-0.1, -0.05) is 9.39 Å². The van der Waals surface area contributed by atoms with Crippen molar-refractivity contribution in [1.29, 1.82) is 0 Å². The van der Waals surface area contributed by atoms with Crippen LogP contribution in [0.25, 0.3) is 0 Å². The quantitative estimate of drug-likeness (QED) is 0.458. The number of carbonyl (C=O) groups is 1. The van der Waals surface area contributed by atoms with Crippen LogP contribution in [0.1, 0.15) is 0 Å². The van der Waals surface area contributed by atoms with E-state index < -0.39 is 17.3 Å². The third-order valence-corrected chi connectivity index (χ3v) is 1.50. The van der Waals surface area contributed by atoms with E-state index in [0.29, 0.717) is 0 Å². The monoisotopic (exact) mass is 156 g/mol. The zero-order valence-electron chi connectivity index (χ0n) is 3.75. The average Bonchev–Trinajstić information content (AvgIpc) is 1.65. The van der Waals surface area contributed by atoms with Gasteiger partial charge in [0.15, 0.2) is 0 Å². The molecule has 0 saturated carbocycles. The molecule has 8 heavy (non-hydrogen) atoms. The van der Waals surface area contributed by atoms with Gasteiger partial charge in [0.2, 0.25) is 11.2 Å². The lowest BCUT2D eigenvalue weighted by Crippen LogP contribution is -2.28. The first-order chi connectivity index (χ1) is 3.66. The summed E-state index contributed by atoms with van der Waals surface area (Å²) in [5, 5.41) is 7.86. The summed E-state index contributed by atoms with van der Waals surface area (Å²) in [7, 11) is 1.91. The van der Waals surface area contributed by atoms with Crippen LogP contribution in [0.4, 0.5) is 4.79 Å². The maximum atomic E-state index is 10.1. The molecule has 0 saturated heterocycles. The van der Waals surface area contributed by atoms with Crippen molar-refractivity contribution in [3.05, 3.63) is 0 Å². The molecule has 5 nitrogen and oxygen atoms in total. The van der Waals surface area contributed by atoms with Crippen molar-refractivity contribution in [3.63, 3.8) is 0 Å². The standard InChI is InChI=1S/CH5N2O3PS/c4-1(5)2-8(6)3-7/h2-3H,7H2,(H,4,5). The molecule has 0 aromatic carbocycles. The second-order valence-electron chi connectivity index (χ2n) is 0.794. The van der Waals surface area contributed by atoms with Crippen molar-refractivity contribution < 1.29 is 14.1 Å². The van der Waals surface area contributed by atoms with E-state index in [4.69, 9.17) is 5.11 Å². The molecule has 2 unspecified atom stereocenters. The minimum Gasteiger partial charge on any atom is -0.464 e. The van der Waals surface area contributed by atoms with Crippen LogP contribution in [-0.2, 0) is 11.2 Å². The molecule has 0 aliphatic carbocycles. The topological polar surface area (TPSA) is 78.4 Å². The highest BCUT2D eigenvalue weighted by molar-refractivity contribution is 7.84. The van der Waals surface area contributed by atoms with E-state index in [0.717, 1.165) is 0 Å². The van der Waals surface area contributed by atoms with Gasteiger partial charge in [0.1, 0.15) is 0 Å². The van der Waals surface area contributed by atoms with Crippen molar-refractivity contribution in [1.82, 2.24) is 9.21 Å². The van der Waals surface area contributed by atoms with Gasteiger partial charge in [0, 0.05) is 0 Å². The van der Waals surface area contributed by atoms with Crippen LogP contribution in [0.5, 0.6) is 0 Å². The van der Waals surface area contributed by atoms with Crippen LogP contribution in [0.15, 0.2) is 0 Å². The Kier molecular flexibility index (Phi) is 3.68. The third kappa shape index (κ3) is 3.98. The molecule has 48 valence electrons. The Labute approximate surface area is 50.8 Å². The Morgan fingerprint density at radius 1 is 1.75 bits per heavy atom. The molecule has 3 N–H and O–H groups in total. The van der Waals surface area contributed by atoms with Crippen molar-refractivity contribution >= 4 is 26.7 Å². The molecule has 0 aliphatic rings. The molecule has 1 amide bonds. The second kappa shape index (κ2) is 3.77. The molecule has 0 spiro atoms. The van der Waals surface area contributed by atoms with E-state index in [1.807, 2.05) is 9.39 Å². The Morgan fingerprint density at radius 3 is 2.38 bits per heavy atom. The highest BCUT2D eigenvalue weighted by atomic mass is 32.2. The number of carboxylic acid groups (broad SMARTS) is 1. The predicted molar refractivity (Wildman–Crippen MR) is 32.1 cm³/mol. The van der Waals surface area contributed by atoms with Gasteiger partial charge < -0.3 is 5.11 Å². The Hall–Kier alpha value is -0.190. The molecule has 0 radical (unpaired) electrons. The highest BCUT2D eigenvalue weighted by Crippen LogP contribution is 1.72. The molecule has 0 aliphatic heterocycles. The fourth-order valence-electron chi connectivity index (χ4n) is 0.109. The predicted octanol–water partition coefficient (Wildman–Crippen LogP) is -0.788. The van der Waals surface area contributed by atoms with Gasteiger partial charge in [0.25, 0.3) is 0 Å². The zero-order chi connectivity index (χ0) is 6.57. The van der Waals surface area contributed by atoms with Crippen molar-refractivity contribution in [2.24, 2.45) is 0 Å². The van der Waals surface area contributed by atoms with Crippen LogP contribution < -0.4 is 9.21 Å². The molecular formula is CH5N2O3PS. The lowest BCUT2D eigenvalue weighted by atomic mass is 11.3. The minimum absolute atomic E-state index is 1.32. The molecule has 0 aromatic rings. The van der Waals surface area contributed by atoms with E-state index in [1.165, 1.54) is 0 Å². The maximum Gasteiger partial charge on any atom is 0.417 e. The fourth-order valence-corrected chi connectivity index (χ4v) is 0.503. The van der Waals surface area contributed by atoms with Crippen LogP contribution >= 0.6 is 9.39 Å². The first-order valence-electron chi connectivity index (χ1n) is 1.54. The Morgan fingerprint density at radius 2 is 2.25 bits per heavy atom. The number of hydrogen-bond acceptors (Lipinski definition) is 2. The van der Waals surface area contributed by atoms with Crippen LogP contribution in [0.2, 0.25) is 0 Å². The molecule has 0 bridgehead atoms. The van der Waals surface area contributed by atoms with E-state index in [-0.39, 0.29) is 0 Å². The molecule has 0 aromatic heterocycles. The summed E-state index contributed by atoms with van der Waals surface area (Å²) in [6.07, 6.45) is -1.32. The van der Waals surface area contributed by atoms with Crippen LogP contribution in [0.3, 0.4) is 0 Å². The summed E-state index contributed by atoms with van der Waals surface area (Å²) in [5.74, 6) is 0. The SMILES string of the molecule is O=C(O)NS(=O)NP. The summed E-state index contributed by atoms with van der Waals surface area (Å²) >= 11 is -1.69. The molecule has 7 heteroatoms. The van der Waals surface area contributed by atoms with E-state index in [1.54, 1.807) is 4.72 Å². The summed E-state index contributed by atoms with van der Waals surface area (Å²) in [6, 6.07) is 0.